The van der Waals surface area contributed by atoms with E-state index in [-0.39, 0.29) is 18.0 Å². The zero-order valence-electron chi connectivity index (χ0n) is 11.1. The van der Waals surface area contributed by atoms with Gasteiger partial charge in [-0.05, 0) is 57.0 Å². The van der Waals surface area contributed by atoms with Gasteiger partial charge in [-0.15, -0.1) is 0 Å². The van der Waals surface area contributed by atoms with E-state index in [1.807, 2.05) is 0 Å². The zero-order valence-corrected chi connectivity index (χ0v) is 11.1. The molecule has 17 heavy (non-hydrogen) atoms. The van der Waals surface area contributed by atoms with E-state index in [4.69, 9.17) is 4.74 Å². The standard InChI is InChI=1S/C14H25NO2/c1-10-7-11(2)9-13(8-10)17-14(16)12-3-5-15-6-4-12/h10-13,15H,3-9H2,1-2H3. The van der Waals surface area contributed by atoms with Crippen LogP contribution < -0.4 is 5.32 Å². The molecule has 0 aromatic heterocycles. The number of carbonyl (C=O) groups excluding carboxylic acids is 1. The molecule has 1 N–H and O–H groups in total. The smallest absolute Gasteiger partial charge is 0.309 e. The van der Waals surface area contributed by atoms with E-state index >= 15 is 0 Å². The molecule has 3 heteroatoms. The lowest BCUT2D eigenvalue weighted by Gasteiger charge is -2.32. The van der Waals surface area contributed by atoms with Crippen LogP contribution in [0.3, 0.4) is 0 Å². The molecule has 2 rings (SSSR count). The molecule has 0 radical (unpaired) electrons. The molecule has 3 nitrogen and oxygen atoms in total. The van der Waals surface area contributed by atoms with Crippen molar-refractivity contribution in [2.45, 2.75) is 52.1 Å². The SMILES string of the molecule is CC1CC(C)CC(OC(=O)C2CCNCC2)C1. The number of carbonyl (C=O) groups is 1. The number of piperidine rings is 1. The van der Waals surface area contributed by atoms with Gasteiger partial charge in [0, 0.05) is 0 Å². The van der Waals surface area contributed by atoms with Crippen LogP contribution in [-0.2, 0) is 9.53 Å². The minimum absolute atomic E-state index is 0.0535. The molecule has 2 fully saturated rings. The normalized spacial score (nSPS) is 35.5. The maximum atomic E-state index is 12.0. The minimum atomic E-state index is 0.0535. The maximum Gasteiger partial charge on any atom is 0.309 e. The number of nitrogens with one attached hydrogen (secondary N) is 1. The van der Waals surface area contributed by atoms with Crippen LogP contribution >= 0.6 is 0 Å². The van der Waals surface area contributed by atoms with Crippen LogP contribution in [0.4, 0.5) is 0 Å². The van der Waals surface area contributed by atoms with Crippen molar-refractivity contribution in [2.75, 3.05) is 13.1 Å². The van der Waals surface area contributed by atoms with Gasteiger partial charge in [-0.3, -0.25) is 4.79 Å². The third-order valence-electron chi connectivity index (χ3n) is 4.09. The average molecular weight is 239 g/mol. The predicted molar refractivity (Wildman–Crippen MR) is 67.7 cm³/mol. The van der Waals surface area contributed by atoms with E-state index in [0.717, 1.165) is 38.8 Å². The van der Waals surface area contributed by atoms with Crippen LogP contribution in [0.2, 0.25) is 0 Å². The lowest BCUT2D eigenvalue weighted by molar-refractivity contribution is -0.158. The quantitative estimate of drug-likeness (QED) is 0.752. The van der Waals surface area contributed by atoms with Crippen molar-refractivity contribution in [2.24, 2.45) is 17.8 Å². The number of esters is 1. The second kappa shape index (κ2) is 5.85. The Bertz CT molecular complexity index is 251. The summed E-state index contributed by atoms with van der Waals surface area (Å²) in [6.07, 6.45) is 5.45. The van der Waals surface area contributed by atoms with Gasteiger partial charge in [-0.1, -0.05) is 13.8 Å². The molecule has 2 aliphatic rings. The first-order valence-corrected chi connectivity index (χ1v) is 7.06. The van der Waals surface area contributed by atoms with Crippen molar-refractivity contribution in [3.63, 3.8) is 0 Å². The van der Waals surface area contributed by atoms with Crippen molar-refractivity contribution in [3.8, 4) is 0 Å². The van der Waals surface area contributed by atoms with Gasteiger partial charge in [0.2, 0.25) is 0 Å². The summed E-state index contributed by atoms with van der Waals surface area (Å²) >= 11 is 0. The molecule has 1 saturated heterocycles. The number of ether oxygens (including phenoxy) is 1. The average Bonchev–Trinajstić information content (AvgIpc) is 2.28. The first-order chi connectivity index (χ1) is 8.15. The highest BCUT2D eigenvalue weighted by molar-refractivity contribution is 5.72. The molecule has 0 amide bonds. The van der Waals surface area contributed by atoms with Crippen LogP contribution in [0.5, 0.6) is 0 Å². The van der Waals surface area contributed by atoms with Crippen LogP contribution in [0.1, 0.15) is 46.0 Å². The lowest BCUT2D eigenvalue weighted by atomic mass is 9.81. The topological polar surface area (TPSA) is 38.3 Å². The number of hydrogen-bond donors (Lipinski definition) is 1. The molecule has 2 unspecified atom stereocenters. The molecular weight excluding hydrogens is 214 g/mol. The van der Waals surface area contributed by atoms with Crippen LogP contribution in [0, 0.1) is 17.8 Å². The van der Waals surface area contributed by atoms with Crippen molar-refractivity contribution < 1.29 is 9.53 Å². The Morgan fingerprint density at radius 3 is 2.24 bits per heavy atom. The third kappa shape index (κ3) is 3.70. The highest BCUT2D eigenvalue weighted by atomic mass is 16.5. The molecule has 0 spiro atoms. The van der Waals surface area contributed by atoms with Crippen LogP contribution in [-0.4, -0.2) is 25.2 Å². The van der Waals surface area contributed by atoms with Crippen molar-refractivity contribution >= 4 is 5.97 Å². The summed E-state index contributed by atoms with van der Waals surface area (Å²) in [5, 5.41) is 3.28. The fourth-order valence-corrected chi connectivity index (χ4v) is 3.29. The molecule has 0 aromatic carbocycles. The van der Waals surface area contributed by atoms with Gasteiger partial charge in [-0.2, -0.15) is 0 Å². The fourth-order valence-electron chi connectivity index (χ4n) is 3.29. The summed E-state index contributed by atoms with van der Waals surface area (Å²) < 4.78 is 5.70. The molecule has 0 bridgehead atoms. The van der Waals surface area contributed by atoms with Gasteiger partial charge in [0.15, 0.2) is 0 Å². The van der Waals surface area contributed by atoms with Crippen molar-refractivity contribution in [1.29, 1.82) is 0 Å². The molecular formula is C14H25NO2. The number of hydrogen-bond acceptors (Lipinski definition) is 3. The summed E-state index contributed by atoms with van der Waals surface area (Å²) in [5.41, 5.74) is 0. The Labute approximate surface area is 104 Å². The molecule has 1 aliphatic carbocycles. The van der Waals surface area contributed by atoms with Gasteiger partial charge < -0.3 is 10.1 Å². The first kappa shape index (κ1) is 12.9. The molecule has 1 heterocycles. The van der Waals surface area contributed by atoms with E-state index in [2.05, 4.69) is 19.2 Å². The van der Waals surface area contributed by atoms with Crippen LogP contribution in [0.25, 0.3) is 0 Å². The summed E-state index contributed by atoms with van der Waals surface area (Å²) in [5.74, 6) is 1.59. The maximum absolute atomic E-state index is 12.0. The van der Waals surface area contributed by atoms with Crippen LogP contribution in [0.15, 0.2) is 0 Å². The van der Waals surface area contributed by atoms with Crippen molar-refractivity contribution in [3.05, 3.63) is 0 Å². The van der Waals surface area contributed by atoms with Gasteiger partial charge >= 0.3 is 5.97 Å². The Hall–Kier alpha value is -0.570. The van der Waals surface area contributed by atoms with E-state index in [1.165, 1.54) is 6.42 Å². The molecule has 2 atom stereocenters. The van der Waals surface area contributed by atoms with Gasteiger partial charge in [0.1, 0.15) is 6.10 Å². The Morgan fingerprint density at radius 2 is 1.65 bits per heavy atom. The largest absolute Gasteiger partial charge is 0.462 e. The Morgan fingerprint density at radius 1 is 1.06 bits per heavy atom. The number of rotatable bonds is 2. The molecule has 1 aliphatic heterocycles. The van der Waals surface area contributed by atoms with Gasteiger partial charge in [0.25, 0.3) is 0 Å². The lowest BCUT2D eigenvalue weighted by Crippen LogP contribution is -2.36. The van der Waals surface area contributed by atoms with Gasteiger partial charge in [-0.25, -0.2) is 0 Å². The highest BCUT2D eigenvalue weighted by Crippen LogP contribution is 2.31. The van der Waals surface area contributed by atoms with Crippen molar-refractivity contribution in [1.82, 2.24) is 5.32 Å². The summed E-state index contributed by atoms with van der Waals surface area (Å²) in [7, 11) is 0. The van der Waals surface area contributed by atoms with E-state index in [1.54, 1.807) is 0 Å². The zero-order chi connectivity index (χ0) is 12.3. The fraction of sp³-hybridized carbons (Fsp3) is 0.929. The Kier molecular flexibility index (Phi) is 4.43. The van der Waals surface area contributed by atoms with E-state index in [0.29, 0.717) is 11.8 Å². The summed E-state index contributed by atoms with van der Waals surface area (Å²) in [6, 6.07) is 0. The molecule has 98 valence electrons. The van der Waals surface area contributed by atoms with E-state index in [9.17, 15) is 4.79 Å². The van der Waals surface area contributed by atoms with Gasteiger partial charge in [0.05, 0.1) is 5.92 Å². The second-order valence-electron chi connectivity index (χ2n) is 6.00. The summed E-state index contributed by atoms with van der Waals surface area (Å²) in [4.78, 5) is 12.0. The van der Waals surface area contributed by atoms with E-state index < -0.39 is 0 Å². The predicted octanol–water partition coefficient (Wildman–Crippen LogP) is 2.35. The summed E-state index contributed by atoms with van der Waals surface area (Å²) in [6.45, 7) is 6.44. The highest BCUT2D eigenvalue weighted by Gasteiger charge is 2.29. The monoisotopic (exact) mass is 239 g/mol. The second-order valence-corrected chi connectivity index (χ2v) is 6.00. The first-order valence-electron chi connectivity index (χ1n) is 7.06. The minimum Gasteiger partial charge on any atom is -0.462 e. The molecule has 1 saturated carbocycles. The Balaban J connectivity index is 1.80. The molecule has 0 aromatic rings. The third-order valence-corrected chi connectivity index (χ3v) is 4.09.